The van der Waals surface area contributed by atoms with Gasteiger partial charge in [0, 0.05) is 43.7 Å². The van der Waals surface area contributed by atoms with E-state index in [1.54, 1.807) is 11.8 Å². The number of alkyl halides is 6. The molecule has 0 spiro atoms. The summed E-state index contributed by atoms with van der Waals surface area (Å²) in [6.07, 6.45) is -12.2. The van der Waals surface area contributed by atoms with Gasteiger partial charge in [-0.1, -0.05) is 67.6 Å². The first kappa shape index (κ1) is 43.4. The second kappa shape index (κ2) is 18.1. The van der Waals surface area contributed by atoms with E-state index in [1.807, 2.05) is 60.7 Å². The number of rotatable bonds is 13. The van der Waals surface area contributed by atoms with Gasteiger partial charge in [-0.15, -0.1) is 13.2 Å². The fourth-order valence-electron chi connectivity index (χ4n) is 7.62. The standard InChI is InChI=1S/C41H41F6N9O6/c1-2-31(57)52-29-19-30(34(33(29)58)61-37(59)40(42,43)44)56-22-49-32-35(48-20-28(23-9-5-3-6-10-23)24-11-7-4-8-12-24)53-38(54-36(32)56)55-18-17-26(21-55)51-39(60)50-25-13-15-27(16-14-25)62-41(45,46)47/h3-16,22,26,28-30,33-34,58H,2,17-21H2,1H3,(H,52,57)(H,48,53,54)(H2,50,51,60)/t26-,29+,30-,33-,34+/m1/s1. The molecule has 0 bridgehead atoms. The van der Waals surface area contributed by atoms with Crippen LogP contribution in [0.4, 0.5) is 48.6 Å². The SMILES string of the molecule is CCC(=O)N[C@H]1C[C@@H](n2cnc3c(NCC(c4ccccc4)c4ccccc4)nc(N4CC[C@@H](NC(=O)Nc5ccc(OC(F)(F)F)cc5)C4)nc32)[C@H](OC(=O)C(F)(F)F)[C@@H]1O. The first-order valence-corrected chi connectivity index (χ1v) is 19.6. The van der Waals surface area contributed by atoms with E-state index in [0.29, 0.717) is 19.5 Å². The number of amides is 3. The van der Waals surface area contributed by atoms with E-state index in [2.05, 4.69) is 31.0 Å². The van der Waals surface area contributed by atoms with Crippen molar-refractivity contribution in [1.29, 1.82) is 0 Å². The summed E-state index contributed by atoms with van der Waals surface area (Å²) in [5.41, 5.74) is 2.53. The predicted octanol–water partition coefficient (Wildman–Crippen LogP) is 6.04. The molecular formula is C41H41F6N9O6. The van der Waals surface area contributed by atoms with Crippen LogP contribution in [-0.2, 0) is 14.3 Å². The summed E-state index contributed by atoms with van der Waals surface area (Å²) >= 11 is 0. The number of hydrogen-bond acceptors (Lipinski definition) is 11. The topological polar surface area (TPSA) is 185 Å². The third-order valence-corrected chi connectivity index (χ3v) is 10.6. The first-order chi connectivity index (χ1) is 29.6. The van der Waals surface area contributed by atoms with Crippen LogP contribution in [0.2, 0.25) is 0 Å². The molecule has 2 fully saturated rings. The van der Waals surface area contributed by atoms with Gasteiger partial charge < -0.3 is 45.3 Å². The van der Waals surface area contributed by atoms with Crippen molar-refractivity contribution in [2.75, 3.05) is 35.2 Å². The molecule has 0 radical (unpaired) electrons. The molecule has 7 rings (SSSR count). The molecule has 0 unspecified atom stereocenters. The minimum Gasteiger partial charge on any atom is -0.451 e. The summed E-state index contributed by atoms with van der Waals surface area (Å²) < 4.78 is 88.5. The van der Waals surface area contributed by atoms with Crippen molar-refractivity contribution in [3.8, 4) is 5.75 Å². The molecule has 3 heterocycles. The van der Waals surface area contributed by atoms with E-state index >= 15 is 0 Å². The number of aliphatic hydroxyl groups excluding tert-OH is 1. The van der Waals surface area contributed by atoms with Crippen molar-refractivity contribution in [3.63, 3.8) is 0 Å². The average Bonchev–Trinajstić information content (AvgIpc) is 3.96. The van der Waals surface area contributed by atoms with Gasteiger partial charge in [0.25, 0.3) is 0 Å². The smallest absolute Gasteiger partial charge is 0.451 e. The van der Waals surface area contributed by atoms with Crippen molar-refractivity contribution in [2.24, 2.45) is 0 Å². The summed E-state index contributed by atoms with van der Waals surface area (Å²) in [6.45, 7) is 2.40. The molecule has 21 heteroatoms. The Morgan fingerprint density at radius 2 is 1.56 bits per heavy atom. The van der Waals surface area contributed by atoms with E-state index in [0.717, 1.165) is 23.3 Å². The maximum Gasteiger partial charge on any atom is 0.573 e. The zero-order valence-corrected chi connectivity index (χ0v) is 32.9. The first-order valence-electron chi connectivity index (χ1n) is 19.6. The van der Waals surface area contributed by atoms with Crippen molar-refractivity contribution in [3.05, 3.63) is 102 Å². The number of urea groups is 1. The largest absolute Gasteiger partial charge is 0.573 e. The van der Waals surface area contributed by atoms with Gasteiger partial charge in [0.1, 0.15) is 11.9 Å². The Morgan fingerprint density at radius 3 is 2.18 bits per heavy atom. The highest BCUT2D eigenvalue weighted by Crippen LogP contribution is 2.38. The van der Waals surface area contributed by atoms with Crippen molar-refractivity contribution in [2.45, 2.75) is 75.0 Å². The highest BCUT2D eigenvalue weighted by molar-refractivity contribution is 5.89. The number of nitrogens with zero attached hydrogens (tertiary/aromatic N) is 5. The van der Waals surface area contributed by atoms with E-state index in [-0.39, 0.29) is 53.9 Å². The van der Waals surface area contributed by atoms with E-state index < -0.39 is 66.5 Å². The van der Waals surface area contributed by atoms with Crippen LogP contribution >= 0.6 is 0 Å². The van der Waals surface area contributed by atoms with E-state index in [9.17, 15) is 45.8 Å². The minimum absolute atomic E-state index is 0.0225. The molecule has 5 atom stereocenters. The molecule has 2 aliphatic rings. The van der Waals surface area contributed by atoms with Crippen LogP contribution in [0, 0.1) is 0 Å². The molecule has 15 nitrogen and oxygen atoms in total. The zero-order chi connectivity index (χ0) is 44.2. The number of benzene rings is 3. The average molecular weight is 870 g/mol. The third-order valence-electron chi connectivity index (χ3n) is 10.6. The number of carbonyl (C=O) groups excluding carboxylic acids is 3. The maximum absolute atomic E-state index is 13.5. The molecule has 1 aliphatic carbocycles. The molecule has 1 saturated heterocycles. The number of esters is 1. The molecular weight excluding hydrogens is 828 g/mol. The van der Waals surface area contributed by atoms with Gasteiger partial charge >= 0.3 is 24.5 Å². The maximum atomic E-state index is 13.5. The van der Waals surface area contributed by atoms with Crippen molar-refractivity contribution >= 4 is 46.5 Å². The Morgan fingerprint density at radius 1 is 0.903 bits per heavy atom. The predicted molar refractivity (Wildman–Crippen MR) is 212 cm³/mol. The number of anilines is 3. The fourth-order valence-corrected chi connectivity index (χ4v) is 7.62. The van der Waals surface area contributed by atoms with Crippen LogP contribution in [0.5, 0.6) is 5.75 Å². The monoisotopic (exact) mass is 869 g/mol. The lowest BCUT2D eigenvalue weighted by atomic mass is 9.91. The lowest BCUT2D eigenvalue weighted by Crippen LogP contribution is -2.45. The summed E-state index contributed by atoms with van der Waals surface area (Å²) in [6, 6.07) is 20.7. The van der Waals surface area contributed by atoms with Crippen LogP contribution in [0.25, 0.3) is 11.2 Å². The summed E-state index contributed by atoms with van der Waals surface area (Å²) in [4.78, 5) is 53.5. The molecule has 328 valence electrons. The third kappa shape index (κ3) is 10.3. The lowest BCUT2D eigenvalue weighted by molar-refractivity contribution is -0.274. The highest BCUT2D eigenvalue weighted by Gasteiger charge is 2.51. The van der Waals surface area contributed by atoms with Gasteiger partial charge in [0.15, 0.2) is 23.1 Å². The van der Waals surface area contributed by atoms with Crippen LogP contribution in [-0.4, -0.2) is 99.0 Å². The second-order valence-electron chi connectivity index (χ2n) is 14.7. The molecule has 5 N–H and O–H groups in total. The number of aliphatic hydroxyl groups is 1. The van der Waals surface area contributed by atoms with Crippen LogP contribution in [0.3, 0.4) is 0 Å². The number of carbonyl (C=O) groups is 3. The van der Waals surface area contributed by atoms with Crippen LogP contribution in [0.1, 0.15) is 49.3 Å². The molecule has 62 heavy (non-hydrogen) atoms. The lowest BCUT2D eigenvalue weighted by Gasteiger charge is -2.25. The second-order valence-corrected chi connectivity index (χ2v) is 14.7. The molecule has 1 aliphatic heterocycles. The zero-order valence-electron chi connectivity index (χ0n) is 32.9. The Labute approximate surface area is 349 Å². The molecule has 5 aromatic rings. The van der Waals surface area contributed by atoms with Crippen molar-refractivity contribution < 1.29 is 55.3 Å². The summed E-state index contributed by atoms with van der Waals surface area (Å²) in [7, 11) is 0. The van der Waals surface area contributed by atoms with E-state index in [4.69, 9.17) is 14.7 Å². The normalized spacial score (nSPS) is 20.3. The molecule has 1 saturated carbocycles. The van der Waals surface area contributed by atoms with Gasteiger partial charge in [-0.05, 0) is 48.2 Å². The van der Waals surface area contributed by atoms with Gasteiger partial charge in [-0.25, -0.2) is 14.6 Å². The Bertz CT molecular complexity index is 2310. The number of imidazole rings is 1. The van der Waals surface area contributed by atoms with Gasteiger partial charge in [0.2, 0.25) is 11.9 Å². The Balaban J connectivity index is 1.19. The van der Waals surface area contributed by atoms with Gasteiger partial charge in [0.05, 0.1) is 18.4 Å². The summed E-state index contributed by atoms with van der Waals surface area (Å²) in [5, 5.41) is 22.6. The van der Waals surface area contributed by atoms with Crippen LogP contribution in [0.15, 0.2) is 91.3 Å². The number of aromatic nitrogens is 4. The Hall–Kier alpha value is -6.64. The molecule has 2 aromatic heterocycles. The Kier molecular flexibility index (Phi) is 12.7. The van der Waals surface area contributed by atoms with Crippen LogP contribution < -0.4 is 30.9 Å². The van der Waals surface area contributed by atoms with Gasteiger partial charge in [-0.3, -0.25) is 4.79 Å². The quantitative estimate of drug-likeness (QED) is 0.0687. The van der Waals surface area contributed by atoms with Crippen molar-refractivity contribution in [1.82, 2.24) is 30.2 Å². The molecule has 3 amide bonds. The van der Waals surface area contributed by atoms with Gasteiger partial charge in [-0.2, -0.15) is 23.1 Å². The minimum atomic E-state index is -5.38. The number of ether oxygens (including phenoxy) is 2. The summed E-state index contributed by atoms with van der Waals surface area (Å²) in [5.74, 6) is -3.22. The number of halogens is 6. The fraction of sp³-hybridized carbons (Fsp3) is 0.366. The number of fused-ring (bicyclic) bond motifs is 1. The highest BCUT2D eigenvalue weighted by atomic mass is 19.4. The molecule has 3 aromatic carbocycles. The number of nitrogens with one attached hydrogen (secondary N) is 4. The van der Waals surface area contributed by atoms with E-state index in [1.165, 1.54) is 23.0 Å². The number of hydrogen-bond donors (Lipinski definition) is 5.